The van der Waals surface area contributed by atoms with Crippen molar-refractivity contribution in [3.05, 3.63) is 35.2 Å². The molecular weight excluding hydrogens is 246 g/mol. The molecule has 3 rings (SSSR count). The van der Waals surface area contributed by atoms with Crippen LogP contribution in [0.15, 0.2) is 30.3 Å². The van der Waals surface area contributed by atoms with Crippen LogP contribution < -0.4 is 5.32 Å². The van der Waals surface area contributed by atoms with Gasteiger partial charge in [0.2, 0.25) is 0 Å². The van der Waals surface area contributed by atoms with Gasteiger partial charge in [-0.3, -0.25) is 0 Å². The molecule has 90 valence electrons. The molecule has 2 atom stereocenters. The predicted molar refractivity (Wildman–Crippen MR) is 79.1 cm³/mol. The molecule has 0 radical (unpaired) electrons. The van der Waals surface area contributed by atoms with Crippen molar-refractivity contribution in [1.82, 2.24) is 5.32 Å². The van der Waals surface area contributed by atoms with E-state index >= 15 is 0 Å². The van der Waals surface area contributed by atoms with E-state index in [-0.39, 0.29) is 0 Å². The van der Waals surface area contributed by atoms with E-state index < -0.39 is 0 Å². The fraction of sp³-hybridized carbons (Fsp3) is 0.429. The van der Waals surface area contributed by atoms with Gasteiger partial charge in [-0.2, -0.15) is 11.8 Å². The Morgan fingerprint density at radius 1 is 1.29 bits per heavy atom. The van der Waals surface area contributed by atoms with Gasteiger partial charge in [-0.25, -0.2) is 0 Å². The molecular formula is C14H17NS2. The highest BCUT2D eigenvalue weighted by Crippen LogP contribution is 2.33. The highest BCUT2D eigenvalue weighted by atomic mass is 32.2. The van der Waals surface area contributed by atoms with E-state index in [2.05, 4.69) is 54.3 Å². The summed E-state index contributed by atoms with van der Waals surface area (Å²) in [6, 6.07) is 12.2. The number of nitrogens with one attached hydrogen (secondary N) is 1. The first-order chi connectivity index (χ1) is 8.33. The van der Waals surface area contributed by atoms with Crippen molar-refractivity contribution < 1.29 is 0 Å². The summed E-state index contributed by atoms with van der Waals surface area (Å²) < 4.78 is 1.41. The van der Waals surface area contributed by atoms with Gasteiger partial charge in [0.15, 0.2) is 0 Å². The van der Waals surface area contributed by atoms with Gasteiger partial charge in [-0.15, -0.1) is 11.3 Å². The van der Waals surface area contributed by atoms with Crippen molar-refractivity contribution in [3.8, 4) is 0 Å². The standard InChI is InChI=1S/C14H17NS2/c1-10-6-7-16-9-12(15-10)14-8-11-4-2-3-5-13(11)17-14/h2-5,8,10,12,15H,6-7,9H2,1H3. The van der Waals surface area contributed by atoms with Crippen LogP contribution >= 0.6 is 23.1 Å². The first kappa shape index (κ1) is 11.6. The molecule has 1 saturated heterocycles. The van der Waals surface area contributed by atoms with E-state index in [1.54, 1.807) is 0 Å². The van der Waals surface area contributed by atoms with Crippen LogP contribution in [-0.2, 0) is 0 Å². The Bertz CT molecular complexity index is 473. The van der Waals surface area contributed by atoms with Crippen LogP contribution in [0.2, 0.25) is 0 Å². The minimum absolute atomic E-state index is 0.537. The molecule has 1 aliphatic heterocycles. The van der Waals surface area contributed by atoms with Crippen LogP contribution in [0, 0.1) is 0 Å². The summed E-state index contributed by atoms with van der Waals surface area (Å²) >= 11 is 4.02. The second-order valence-electron chi connectivity index (χ2n) is 4.67. The molecule has 1 fully saturated rings. The lowest BCUT2D eigenvalue weighted by molar-refractivity contribution is 0.489. The van der Waals surface area contributed by atoms with Crippen molar-refractivity contribution >= 4 is 33.2 Å². The molecule has 2 unspecified atom stereocenters. The van der Waals surface area contributed by atoms with Crippen LogP contribution in [0.1, 0.15) is 24.3 Å². The molecule has 1 aliphatic rings. The van der Waals surface area contributed by atoms with Crippen LogP contribution in [-0.4, -0.2) is 17.5 Å². The Morgan fingerprint density at radius 2 is 2.18 bits per heavy atom. The normalized spacial score (nSPS) is 25.9. The summed E-state index contributed by atoms with van der Waals surface area (Å²) in [5, 5.41) is 5.13. The zero-order valence-electron chi connectivity index (χ0n) is 9.98. The molecule has 0 bridgehead atoms. The summed E-state index contributed by atoms with van der Waals surface area (Å²) in [6.45, 7) is 2.30. The summed E-state index contributed by atoms with van der Waals surface area (Å²) in [5.74, 6) is 2.49. The highest BCUT2D eigenvalue weighted by molar-refractivity contribution is 7.99. The van der Waals surface area contributed by atoms with Crippen LogP contribution in [0.25, 0.3) is 10.1 Å². The van der Waals surface area contributed by atoms with Crippen LogP contribution in [0.4, 0.5) is 0 Å². The van der Waals surface area contributed by atoms with Crippen molar-refractivity contribution in [2.45, 2.75) is 25.4 Å². The first-order valence-corrected chi connectivity index (χ1v) is 8.12. The van der Waals surface area contributed by atoms with Crippen molar-refractivity contribution in [3.63, 3.8) is 0 Å². The molecule has 0 amide bonds. The van der Waals surface area contributed by atoms with Gasteiger partial charge in [-0.05, 0) is 36.6 Å². The molecule has 1 nitrogen and oxygen atoms in total. The second kappa shape index (κ2) is 5.01. The fourth-order valence-corrected chi connectivity index (χ4v) is 4.70. The first-order valence-electron chi connectivity index (χ1n) is 6.15. The fourth-order valence-electron chi connectivity index (χ4n) is 2.27. The lowest BCUT2D eigenvalue weighted by Gasteiger charge is -2.17. The number of thiophene rings is 1. The number of rotatable bonds is 1. The predicted octanol–water partition coefficient (Wildman–Crippen LogP) is 4.06. The Kier molecular flexibility index (Phi) is 3.41. The van der Waals surface area contributed by atoms with Crippen molar-refractivity contribution in [2.24, 2.45) is 0 Å². The largest absolute Gasteiger partial charge is 0.306 e. The Labute approximate surface area is 111 Å². The molecule has 3 heteroatoms. The van der Waals surface area contributed by atoms with E-state index in [0.717, 1.165) is 0 Å². The lowest BCUT2D eigenvalue weighted by atomic mass is 10.2. The summed E-state index contributed by atoms with van der Waals surface area (Å²) in [6.07, 6.45) is 1.28. The number of hydrogen-bond donors (Lipinski definition) is 1. The molecule has 0 saturated carbocycles. The number of fused-ring (bicyclic) bond motifs is 1. The van der Waals surface area contributed by atoms with Gasteiger partial charge in [0, 0.05) is 21.4 Å². The van der Waals surface area contributed by atoms with Gasteiger partial charge >= 0.3 is 0 Å². The minimum atomic E-state index is 0.537. The molecule has 17 heavy (non-hydrogen) atoms. The summed E-state index contributed by atoms with van der Waals surface area (Å²) in [4.78, 5) is 1.49. The van der Waals surface area contributed by atoms with E-state index in [0.29, 0.717) is 12.1 Å². The Hall–Kier alpha value is -0.510. The molecule has 0 aliphatic carbocycles. The average molecular weight is 263 g/mol. The monoisotopic (exact) mass is 263 g/mol. The highest BCUT2D eigenvalue weighted by Gasteiger charge is 2.19. The van der Waals surface area contributed by atoms with E-state index in [4.69, 9.17) is 0 Å². The number of thioether (sulfide) groups is 1. The maximum Gasteiger partial charge on any atom is 0.0509 e. The van der Waals surface area contributed by atoms with Crippen molar-refractivity contribution in [2.75, 3.05) is 11.5 Å². The SMILES string of the molecule is CC1CCSCC(c2cc3ccccc3s2)N1. The topological polar surface area (TPSA) is 12.0 Å². The third-order valence-corrected chi connectivity index (χ3v) is 5.58. The van der Waals surface area contributed by atoms with E-state index in [1.807, 2.05) is 11.3 Å². The zero-order chi connectivity index (χ0) is 11.7. The summed E-state index contributed by atoms with van der Waals surface area (Å²) in [5.41, 5.74) is 0. The third-order valence-electron chi connectivity index (χ3n) is 3.25. The zero-order valence-corrected chi connectivity index (χ0v) is 11.6. The quantitative estimate of drug-likeness (QED) is 0.833. The minimum Gasteiger partial charge on any atom is -0.306 e. The third kappa shape index (κ3) is 2.51. The lowest BCUT2D eigenvalue weighted by Crippen LogP contribution is -2.29. The Balaban J connectivity index is 1.91. The van der Waals surface area contributed by atoms with Crippen molar-refractivity contribution in [1.29, 1.82) is 0 Å². The average Bonchev–Trinajstić information content (AvgIpc) is 2.65. The van der Waals surface area contributed by atoms with Gasteiger partial charge in [-0.1, -0.05) is 18.2 Å². The van der Waals surface area contributed by atoms with Crippen LogP contribution in [0.3, 0.4) is 0 Å². The van der Waals surface area contributed by atoms with Gasteiger partial charge in [0.05, 0.1) is 6.04 Å². The molecule has 1 aromatic carbocycles. The molecule has 2 aromatic rings. The molecule has 1 aromatic heterocycles. The number of benzene rings is 1. The maximum absolute atomic E-state index is 3.75. The number of hydrogen-bond acceptors (Lipinski definition) is 3. The second-order valence-corrected chi connectivity index (χ2v) is 6.94. The van der Waals surface area contributed by atoms with E-state index in [9.17, 15) is 0 Å². The van der Waals surface area contributed by atoms with Gasteiger partial charge < -0.3 is 5.32 Å². The smallest absolute Gasteiger partial charge is 0.0509 e. The summed E-state index contributed by atoms with van der Waals surface area (Å²) in [7, 11) is 0. The maximum atomic E-state index is 3.75. The molecule has 1 N–H and O–H groups in total. The molecule has 0 spiro atoms. The van der Waals surface area contributed by atoms with Crippen LogP contribution in [0.5, 0.6) is 0 Å². The molecule has 2 heterocycles. The Morgan fingerprint density at radius 3 is 3.06 bits per heavy atom. The van der Waals surface area contributed by atoms with E-state index in [1.165, 1.54) is 32.9 Å². The van der Waals surface area contributed by atoms with Gasteiger partial charge in [0.1, 0.15) is 0 Å². The van der Waals surface area contributed by atoms with Gasteiger partial charge in [0.25, 0.3) is 0 Å².